The largest absolute Gasteiger partial charge is 0.356 e. The first-order valence-electron chi connectivity index (χ1n) is 9.33. The summed E-state index contributed by atoms with van der Waals surface area (Å²) in [5, 5.41) is 9.53. The maximum Gasteiger partial charge on any atom is 0.251 e. The molecule has 0 aliphatic heterocycles. The van der Waals surface area contributed by atoms with Gasteiger partial charge in [-0.3, -0.25) is 9.79 Å². The Morgan fingerprint density at radius 2 is 1.74 bits per heavy atom. The lowest BCUT2D eigenvalue weighted by molar-refractivity contribution is 0.0955. The molecule has 2 aromatic rings. The minimum absolute atomic E-state index is 0.0168. The molecule has 2 aromatic carbocycles. The molecule has 0 saturated carbocycles. The fourth-order valence-corrected chi connectivity index (χ4v) is 2.79. The number of hydrogen-bond acceptors (Lipinski definition) is 2. The molecule has 3 N–H and O–H groups in total. The summed E-state index contributed by atoms with van der Waals surface area (Å²) in [6.07, 6.45) is 0. The van der Waals surface area contributed by atoms with Crippen molar-refractivity contribution in [1.82, 2.24) is 16.0 Å². The zero-order valence-electron chi connectivity index (χ0n) is 16.7. The van der Waals surface area contributed by atoms with Gasteiger partial charge in [0.05, 0.1) is 0 Å². The molecule has 0 fully saturated rings. The minimum Gasteiger partial charge on any atom is -0.356 e. The molecule has 0 saturated heterocycles. The molecule has 5 nitrogen and oxygen atoms in total. The van der Waals surface area contributed by atoms with Crippen LogP contribution in [0.1, 0.15) is 42.3 Å². The number of carbonyl (C=O) groups is 1. The van der Waals surface area contributed by atoms with Gasteiger partial charge in [0.2, 0.25) is 0 Å². The smallest absolute Gasteiger partial charge is 0.251 e. The van der Waals surface area contributed by atoms with E-state index in [1.807, 2.05) is 37.3 Å². The lowest BCUT2D eigenvalue weighted by Gasteiger charge is -2.26. The van der Waals surface area contributed by atoms with E-state index in [2.05, 4.69) is 59.1 Å². The molecule has 0 unspecified atom stereocenters. The first-order valence-corrected chi connectivity index (χ1v) is 9.33. The maximum absolute atomic E-state index is 12.0. The van der Waals surface area contributed by atoms with E-state index in [-0.39, 0.29) is 11.3 Å². The van der Waals surface area contributed by atoms with Crippen LogP contribution < -0.4 is 16.0 Å². The second kappa shape index (κ2) is 9.76. The van der Waals surface area contributed by atoms with Crippen LogP contribution in [-0.4, -0.2) is 32.0 Å². The van der Waals surface area contributed by atoms with Gasteiger partial charge < -0.3 is 16.0 Å². The van der Waals surface area contributed by atoms with Crippen molar-refractivity contribution in [2.45, 2.75) is 32.7 Å². The molecule has 0 atom stereocenters. The molecule has 2 rings (SSSR count). The third kappa shape index (κ3) is 6.13. The van der Waals surface area contributed by atoms with E-state index in [0.717, 1.165) is 18.1 Å². The van der Waals surface area contributed by atoms with Gasteiger partial charge in [-0.05, 0) is 30.2 Å². The molecule has 144 valence electrons. The first-order chi connectivity index (χ1) is 13.0. The monoisotopic (exact) mass is 366 g/mol. The highest BCUT2D eigenvalue weighted by Gasteiger charge is 2.20. The average molecular weight is 367 g/mol. The predicted octanol–water partition coefficient (Wildman–Crippen LogP) is 3.08. The van der Waals surface area contributed by atoms with Crippen molar-refractivity contribution in [2.75, 3.05) is 20.1 Å². The first kappa shape index (κ1) is 20.5. The second-order valence-electron chi connectivity index (χ2n) is 7.09. The third-order valence-electron chi connectivity index (χ3n) is 4.46. The van der Waals surface area contributed by atoms with Gasteiger partial charge in [-0.15, -0.1) is 0 Å². The number of carbonyl (C=O) groups excluding carboxylic acids is 1. The minimum atomic E-state index is -0.0496. The summed E-state index contributed by atoms with van der Waals surface area (Å²) in [5.41, 5.74) is 2.97. The highest BCUT2D eigenvalue weighted by atomic mass is 16.1. The molecule has 5 heteroatoms. The van der Waals surface area contributed by atoms with Crippen molar-refractivity contribution < 1.29 is 4.79 Å². The summed E-state index contributed by atoms with van der Waals surface area (Å²) < 4.78 is 0. The van der Waals surface area contributed by atoms with Crippen LogP contribution in [0.4, 0.5) is 0 Å². The average Bonchev–Trinajstić information content (AvgIpc) is 2.69. The zero-order valence-corrected chi connectivity index (χ0v) is 16.7. The normalized spacial score (nSPS) is 11.8. The van der Waals surface area contributed by atoms with E-state index in [1.165, 1.54) is 5.56 Å². The number of amides is 1. The summed E-state index contributed by atoms with van der Waals surface area (Å²) in [4.78, 5) is 16.3. The van der Waals surface area contributed by atoms with Crippen molar-refractivity contribution in [2.24, 2.45) is 4.99 Å². The van der Waals surface area contributed by atoms with Gasteiger partial charge in [0.25, 0.3) is 5.91 Å². The molecule has 0 aliphatic rings. The number of rotatable bonds is 7. The third-order valence-corrected chi connectivity index (χ3v) is 4.46. The highest BCUT2D eigenvalue weighted by molar-refractivity contribution is 5.94. The topological polar surface area (TPSA) is 65.5 Å². The maximum atomic E-state index is 12.0. The number of nitrogens with one attached hydrogen (secondary N) is 3. The Morgan fingerprint density at radius 3 is 2.41 bits per heavy atom. The van der Waals surface area contributed by atoms with E-state index in [9.17, 15) is 4.79 Å². The number of guanidine groups is 1. The number of nitrogens with zero attached hydrogens (tertiary/aromatic N) is 1. The van der Waals surface area contributed by atoms with Gasteiger partial charge >= 0.3 is 0 Å². The van der Waals surface area contributed by atoms with Gasteiger partial charge in [-0.2, -0.15) is 0 Å². The van der Waals surface area contributed by atoms with E-state index in [4.69, 9.17) is 0 Å². The summed E-state index contributed by atoms with van der Waals surface area (Å²) in [5.74, 6) is 0.689. The molecule has 0 aliphatic carbocycles. The van der Waals surface area contributed by atoms with Crippen LogP contribution in [0.25, 0.3) is 0 Å². The van der Waals surface area contributed by atoms with Crippen LogP contribution in [-0.2, 0) is 12.0 Å². The summed E-state index contributed by atoms with van der Waals surface area (Å²) in [7, 11) is 1.76. The Kier molecular flexibility index (Phi) is 7.41. The lowest BCUT2D eigenvalue weighted by atomic mass is 9.85. The van der Waals surface area contributed by atoms with Gasteiger partial charge in [0, 0.05) is 37.7 Å². The van der Waals surface area contributed by atoms with Crippen LogP contribution in [0.2, 0.25) is 0 Å². The number of aliphatic imine (C=N–C) groups is 1. The van der Waals surface area contributed by atoms with E-state index in [1.54, 1.807) is 7.05 Å². The van der Waals surface area contributed by atoms with Gasteiger partial charge in [-0.1, -0.05) is 56.3 Å². The van der Waals surface area contributed by atoms with Crippen molar-refractivity contribution in [3.05, 3.63) is 71.3 Å². The molecular weight excluding hydrogens is 336 g/mol. The SMILES string of the molecule is CCNC(=O)c1cccc(CNC(=NC)NCC(C)(C)c2ccccc2)c1. The second-order valence-corrected chi connectivity index (χ2v) is 7.09. The van der Waals surface area contributed by atoms with Crippen molar-refractivity contribution in [3.8, 4) is 0 Å². The van der Waals surface area contributed by atoms with Gasteiger partial charge in [-0.25, -0.2) is 0 Å². The lowest BCUT2D eigenvalue weighted by Crippen LogP contribution is -2.43. The standard InChI is InChI=1S/C22H30N4O/c1-5-24-20(27)18-11-9-10-17(14-18)15-25-21(23-4)26-16-22(2,3)19-12-7-6-8-13-19/h6-14H,5,15-16H2,1-4H3,(H,24,27)(H2,23,25,26). The van der Waals surface area contributed by atoms with Gasteiger partial charge in [0.15, 0.2) is 5.96 Å². The van der Waals surface area contributed by atoms with Crippen LogP contribution in [0.5, 0.6) is 0 Å². The van der Waals surface area contributed by atoms with Crippen molar-refractivity contribution in [1.29, 1.82) is 0 Å². The zero-order chi connectivity index (χ0) is 19.7. The van der Waals surface area contributed by atoms with Crippen molar-refractivity contribution in [3.63, 3.8) is 0 Å². The highest BCUT2D eigenvalue weighted by Crippen LogP contribution is 2.21. The number of benzene rings is 2. The van der Waals surface area contributed by atoms with Gasteiger partial charge in [0.1, 0.15) is 0 Å². The molecule has 27 heavy (non-hydrogen) atoms. The van der Waals surface area contributed by atoms with E-state index in [0.29, 0.717) is 18.7 Å². The quantitative estimate of drug-likeness (QED) is 0.521. The molecule has 0 radical (unpaired) electrons. The van der Waals surface area contributed by atoms with Crippen LogP contribution in [0, 0.1) is 0 Å². The van der Waals surface area contributed by atoms with E-state index >= 15 is 0 Å². The summed E-state index contributed by atoms with van der Waals surface area (Å²) >= 11 is 0. The number of hydrogen-bond donors (Lipinski definition) is 3. The summed E-state index contributed by atoms with van der Waals surface area (Å²) in [6, 6.07) is 18.1. The molecular formula is C22H30N4O. The Hall–Kier alpha value is -2.82. The fourth-order valence-electron chi connectivity index (χ4n) is 2.79. The Morgan fingerprint density at radius 1 is 1.00 bits per heavy atom. The molecule has 1 amide bonds. The predicted molar refractivity (Wildman–Crippen MR) is 112 cm³/mol. The summed E-state index contributed by atoms with van der Waals surface area (Å²) in [6.45, 7) is 8.30. The van der Waals surface area contributed by atoms with E-state index < -0.39 is 0 Å². The molecule has 0 bridgehead atoms. The van der Waals surface area contributed by atoms with Crippen LogP contribution in [0.3, 0.4) is 0 Å². The molecule has 0 heterocycles. The van der Waals surface area contributed by atoms with Crippen LogP contribution in [0.15, 0.2) is 59.6 Å². The van der Waals surface area contributed by atoms with Crippen LogP contribution >= 0.6 is 0 Å². The Bertz CT molecular complexity index is 769. The Balaban J connectivity index is 1.92. The van der Waals surface area contributed by atoms with Crippen molar-refractivity contribution >= 4 is 11.9 Å². The molecule has 0 aromatic heterocycles. The Labute approximate surface area is 162 Å². The molecule has 0 spiro atoms. The fraction of sp³-hybridized carbons (Fsp3) is 0.364.